The molecule has 0 saturated heterocycles. The summed E-state index contributed by atoms with van der Waals surface area (Å²) in [4.78, 5) is 21.3. The Kier molecular flexibility index (Phi) is 2.43. The minimum atomic E-state index is -0.842. The monoisotopic (exact) mass is 226 g/mol. The molecular formula is C9H7FN2O4. The van der Waals surface area contributed by atoms with E-state index in [0.717, 1.165) is 12.1 Å². The molecule has 1 amide bonds. The molecule has 1 aromatic rings. The molecule has 6 nitrogen and oxygen atoms in total. The molecule has 0 saturated carbocycles. The molecule has 16 heavy (non-hydrogen) atoms. The highest BCUT2D eigenvalue weighted by molar-refractivity contribution is 5.98. The molecule has 1 N–H and O–H groups in total. The number of ether oxygens (including phenoxy) is 1. The molecule has 0 radical (unpaired) electrons. The summed E-state index contributed by atoms with van der Waals surface area (Å²) in [5.74, 6) is -1.59. The first-order valence-electron chi connectivity index (χ1n) is 4.48. The average Bonchev–Trinajstić information content (AvgIpc) is 2.40. The Morgan fingerprint density at radius 2 is 2.25 bits per heavy atom. The van der Waals surface area contributed by atoms with Crippen molar-refractivity contribution in [2.45, 2.75) is 0 Å². The Bertz CT molecular complexity index is 475. The highest BCUT2D eigenvalue weighted by atomic mass is 19.1. The molecule has 1 aromatic carbocycles. The van der Waals surface area contributed by atoms with Crippen molar-refractivity contribution in [2.24, 2.45) is 0 Å². The number of rotatable bonds is 1. The number of nitrogens with one attached hydrogen (secondary N) is 1. The van der Waals surface area contributed by atoms with Crippen LogP contribution in [0.3, 0.4) is 0 Å². The number of carbonyl (C=O) groups is 1. The fraction of sp³-hybridized carbons (Fsp3) is 0.222. The predicted octanol–water partition coefficient (Wildman–Crippen LogP) is 0.856. The maximum Gasteiger partial charge on any atom is 0.314 e. The maximum atomic E-state index is 13.1. The molecule has 1 aliphatic heterocycles. The van der Waals surface area contributed by atoms with Gasteiger partial charge in [0.15, 0.2) is 0 Å². The third-order valence-corrected chi connectivity index (χ3v) is 2.11. The Hall–Kier alpha value is -2.18. The van der Waals surface area contributed by atoms with E-state index in [2.05, 4.69) is 5.32 Å². The summed E-state index contributed by atoms with van der Waals surface area (Å²) >= 11 is 0. The van der Waals surface area contributed by atoms with Gasteiger partial charge in [0.2, 0.25) is 5.75 Å². The zero-order chi connectivity index (χ0) is 11.7. The van der Waals surface area contributed by atoms with Gasteiger partial charge in [-0.25, -0.2) is 4.39 Å². The Balaban J connectivity index is 2.65. The van der Waals surface area contributed by atoms with Crippen molar-refractivity contribution in [3.63, 3.8) is 0 Å². The van der Waals surface area contributed by atoms with Crippen molar-refractivity contribution in [3.05, 3.63) is 33.6 Å². The van der Waals surface area contributed by atoms with Crippen LogP contribution in [-0.4, -0.2) is 24.0 Å². The first kappa shape index (κ1) is 10.3. The normalized spacial score (nSPS) is 14.4. The third kappa shape index (κ3) is 1.67. The molecule has 0 aliphatic carbocycles. The maximum absolute atomic E-state index is 13.1. The third-order valence-electron chi connectivity index (χ3n) is 2.11. The second-order valence-electron chi connectivity index (χ2n) is 3.16. The molecular weight excluding hydrogens is 219 g/mol. The SMILES string of the molecule is O=C1NCCOc2c1cc(F)cc2[N+](=O)[O-]. The van der Waals surface area contributed by atoms with Crippen molar-refractivity contribution >= 4 is 11.6 Å². The second kappa shape index (κ2) is 3.76. The zero-order valence-corrected chi connectivity index (χ0v) is 8.03. The number of halogens is 1. The van der Waals surface area contributed by atoms with Gasteiger partial charge in [-0.3, -0.25) is 14.9 Å². The van der Waals surface area contributed by atoms with E-state index in [0.29, 0.717) is 0 Å². The van der Waals surface area contributed by atoms with E-state index in [4.69, 9.17) is 4.74 Å². The van der Waals surface area contributed by atoms with Crippen LogP contribution in [0.1, 0.15) is 10.4 Å². The van der Waals surface area contributed by atoms with Crippen molar-refractivity contribution < 1.29 is 18.8 Å². The number of benzene rings is 1. The summed E-state index contributed by atoms with van der Waals surface area (Å²) in [5, 5.41) is 13.1. The van der Waals surface area contributed by atoms with E-state index in [-0.39, 0.29) is 24.5 Å². The lowest BCUT2D eigenvalue weighted by atomic mass is 10.1. The van der Waals surface area contributed by atoms with Gasteiger partial charge in [0, 0.05) is 0 Å². The van der Waals surface area contributed by atoms with E-state index in [1.54, 1.807) is 0 Å². The first-order valence-corrected chi connectivity index (χ1v) is 4.48. The quantitative estimate of drug-likeness (QED) is 0.568. The van der Waals surface area contributed by atoms with Crippen LogP contribution in [0.15, 0.2) is 12.1 Å². The molecule has 0 fully saturated rings. The van der Waals surface area contributed by atoms with Crippen LogP contribution in [0, 0.1) is 15.9 Å². The van der Waals surface area contributed by atoms with Gasteiger partial charge in [-0.05, 0) is 6.07 Å². The molecule has 1 heterocycles. The lowest BCUT2D eigenvalue weighted by molar-refractivity contribution is -0.386. The van der Waals surface area contributed by atoms with Gasteiger partial charge in [-0.1, -0.05) is 0 Å². The Morgan fingerprint density at radius 3 is 2.94 bits per heavy atom. The summed E-state index contributed by atoms with van der Waals surface area (Å²) in [7, 11) is 0. The average molecular weight is 226 g/mol. The van der Waals surface area contributed by atoms with Crippen LogP contribution in [0.5, 0.6) is 5.75 Å². The fourth-order valence-corrected chi connectivity index (χ4v) is 1.45. The highest BCUT2D eigenvalue weighted by Crippen LogP contribution is 2.32. The first-order chi connectivity index (χ1) is 7.59. The molecule has 0 atom stereocenters. The summed E-state index contributed by atoms with van der Waals surface area (Å²) in [6, 6.07) is 1.65. The Labute approximate surface area is 89.2 Å². The molecule has 0 bridgehead atoms. The van der Waals surface area contributed by atoms with Crippen molar-refractivity contribution in [1.29, 1.82) is 0 Å². The summed E-state index contributed by atoms with van der Waals surface area (Å²) in [6.45, 7) is 0.345. The van der Waals surface area contributed by atoms with Gasteiger partial charge in [0.05, 0.1) is 23.1 Å². The van der Waals surface area contributed by atoms with Gasteiger partial charge in [0.1, 0.15) is 12.4 Å². The number of nitro groups is 1. The minimum Gasteiger partial charge on any atom is -0.484 e. The Morgan fingerprint density at radius 1 is 1.50 bits per heavy atom. The summed E-state index contributed by atoms with van der Waals surface area (Å²) in [5.41, 5.74) is -0.684. The molecule has 0 spiro atoms. The van der Waals surface area contributed by atoms with E-state index in [1.807, 2.05) is 0 Å². The van der Waals surface area contributed by atoms with Gasteiger partial charge in [-0.15, -0.1) is 0 Å². The van der Waals surface area contributed by atoms with Crippen molar-refractivity contribution in [2.75, 3.05) is 13.2 Å². The number of hydrogen-bond acceptors (Lipinski definition) is 4. The molecule has 0 unspecified atom stereocenters. The molecule has 0 aromatic heterocycles. The molecule has 1 aliphatic rings. The van der Waals surface area contributed by atoms with Crippen LogP contribution in [0.25, 0.3) is 0 Å². The topological polar surface area (TPSA) is 81.5 Å². The number of fused-ring (bicyclic) bond motifs is 1. The van der Waals surface area contributed by atoms with Crippen LogP contribution >= 0.6 is 0 Å². The number of amides is 1. The summed E-state index contributed by atoms with van der Waals surface area (Å²) in [6.07, 6.45) is 0. The number of nitrogens with zero attached hydrogens (tertiary/aromatic N) is 1. The van der Waals surface area contributed by atoms with E-state index >= 15 is 0 Å². The molecule has 2 rings (SSSR count). The van der Waals surface area contributed by atoms with Crippen LogP contribution in [0.2, 0.25) is 0 Å². The number of hydrogen-bond donors (Lipinski definition) is 1. The second-order valence-corrected chi connectivity index (χ2v) is 3.16. The van der Waals surface area contributed by atoms with Crippen molar-refractivity contribution in [1.82, 2.24) is 5.32 Å². The van der Waals surface area contributed by atoms with E-state index in [1.165, 1.54) is 0 Å². The van der Waals surface area contributed by atoms with Gasteiger partial charge in [-0.2, -0.15) is 0 Å². The summed E-state index contributed by atoms with van der Waals surface area (Å²) < 4.78 is 18.2. The number of carbonyl (C=O) groups excluding carboxylic acids is 1. The van der Waals surface area contributed by atoms with Gasteiger partial charge >= 0.3 is 5.69 Å². The van der Waals surface area contributed by atoms with E-state index < -0.39 is 22.3 Å². The number of nitro benzene ring substituents is 1. The predicted molar refractivity (Wildman–Crippen MR) is 50.9 cm³/mol. The molecule has 7 heteroatoms. The van der Waals surface area contributed by atoms with Crippen LogP contribution < -0.4 is 10.1 Å². The zero-order valence-electron chi connectivity index (χ0n) is 8.03. The van der Waals surface area contributed by atoms with Crippen LogP contribution in [-0.2, 0) is 0 Å². The van der Waals surface area contributed by atoms with Crippen LogP contribution in [0.4, 0.5) is 10.1 Å². The van der Waals surface area contributed by atoms with Gasteiger partial charge in [0.25, 0.3) is 5.91 Å². The highest BCUT2D eigenvalue weighted by Gasteiger charge is 2.27. The largest absolute Gasteiger partial charge is 0.484 e. The lowest BCUT2D eigenvalue weighted by Crippen LogP contribution is -2.24. The van der Waals surface area contributed by atoms with Crippen molar-refractivity contribution in [3.8, 4) is 5.75 Å². The van der Waals surface area contributed by atoms with Gasteiger partial charge < -0.3 is 10.1 Å². The standard InChI is InChI=1S/C9H7FN2O4/c10-5-3-6-8(7(4-5)12(14)15)16-2-1-11-9(6)13/h3-4H,1-2H2,(H,11,13). The fourth-order valence-electron chi connectivity index (χ4n) is 1.45. The minimum absolute atomic E-state index is 0.116. The lowest BCUT2D eigenvalue weighted by Gasteiger charge is -2.05. The molecule has 84 valence electrons. The smallest absolute Gasteiger partial charge is 0.314 e. The van der Waals surface area contributed by atoms with E-state index in [9.17, 15) is 19.3 Å².